The number of sulfonamides is 1. The lowest BCUT2D eigenvalue weighted by Gasteiger charge is -2.17. The van der Waals surface area contributed by atoms with Gasteiger partial charge in [-0.25, -0.2) is 22.7 Å². The zero-order valence-electron chi connectivity index (χ0n) is 14.1. The summed E-state index contributed by atoms with van der Waals surface area (Å²) in [5.74, 6) is -0.991. The Morgan fingerprint density at radius 1 is 1.19 bits per heavy atom. The number of nitrogens with two attached hydrogens (primary N) is 1. The maximum atomic E-state index is 13.8. The summed E-state index contributed by atoms with van der Waals surface area (Å²) >= 11 is 0. The van der Waals surface area contributed by atoms with Crippen LogP contribution in [-0.4, -0.2) is 39.6 Å². The minimum Gasteiger partial charge on any atom is -0.489 e. The normalized spacial score (nSPS) is 11.0. The first-order valence-electron chi connectivity index (χ1n) is 7.64. The quantitative estimate of drug-likeness (QED) is 0.791. The van der Waals surface area contributed by atoms with E-state index in [1.54, 1.807) is 0 Å². The third-order valence-electron chi connectivity index (χ3n) is 3.43. The van der Waals surface area contributed by atoms with E-state index in [4.69, 9.17) is 14.6 Å². The van der Waals surface area contributed by atoms with Crippen LogP contribution in [0.3, 0.4) is 0 Å². The molecule has 2 N–H and O–H groups in total. The standard InChI is InChI=1S/C17H19FN2O5S/c1-20(17(21)25-12-13-5-3-2-4-6-13)9-10-24-16-8-7-14(11-15(16)18)26(19,22)23/h2-8,11H,9-10,12H2,1H3,(H2,19,22,23). The Kier molecular flexibility index (Phi) is 6.53. The van der Waals surface area contributed by atoms with Crippen molar-refractivity contribution in [3.8, 4) is 5.75 Å². The summed E-state index contributed by atoms with van der Waals surface area (Å²) in [5.41, 5.74) is 0.863. The van der Waals surface area contributed by atoms with E-state index in [-0.39, 0.29) is 30.4 Å². The molecule has 0 saturated heterocycles. The van der Waals surface area contributed by atoms with Crippen LogP contribution < -0.4 is 9.88 Å². The number of amides is 1. The van der Waals surface area contributed by atoms with Gasteiger partial charge in [-0.3, -0.25) is 0 Å². The lowest BCUT2D eigenvalue weighted by atomic mass is 10.2. The van der Waals surface area contributed by atoms with Gasteiger partial charge in [-0.15, -0.1) is 0 Å². The van der Waals surface area contributed by atoms with E-state index < -0.39 is 21.9 Å². The van der Waals surface area contributed by atoms with Gasteiger partial charge in [0, 0.05) is 7.05 Å². The molecular formula is C17H19FN2O5S. The summed E-state index contributed by atoms with van der Waals surface area (Å²) in [5, 5.41) is 4.93. The fraction of sp³-hybridized carbons (Fsp3) is 0.235. The first kappa shape index (κ1) is 19.7. The van der Waals surface area contributed by atoms with E-state index >= 15 is 0 Å². The number of likely N-dealkylation sites (N-methyl/N-ethyl adjacent to an activating group) is 1. The van der Waals surface area contributed by atoms with Gasteiger partial charge < -0.3 is 14.4 Å². The average molecular weight is 382 g/mol. The van der Waals surface area contributed by atoms with Crippen LogP contribution in [0.2, 0.25) is 0 Å². The molecule has 0 spiro atoms. The summed E-state index contributed by atoms with van der Waals surface area (Å²) in [6.45, 7) is 0.307. The minimum absolute atomic E-state index is 0.00256. The van der Waals surface area contributed by atoms with Crippen LogP contribution in [0.1, 0.15) is 5.56 Å². The number of nitrogens with zero attached hydrogens (tertiary/aromatic N) is 1. The second-order valence-electron chi connectivity index (χ2n) is 5.45. The molecular weight excluding hydrogens is 363 g/mol. The molecule has 7 nitrogen and oxygen atoms in total. The highest BCUT2D eigenvalue weighted by molar-refractivity contribution is 7.89. The van der Waals surface area contributed by atoms with E-state index in [2.05, 4.69) is 0 Å². The molecule has 2 aromatic rings. The predicted molar refractivity (Wildman–Crippen MR) is 92.5 cm³/mol. The molecule has 0 bridgehead atoms. The molecule has 140 valence electrons. The third kappa shape index (κ3) is 5.71. The number of primary sulfonamides is 1. The summed E-state index contributed by atoms with van der Waals surface area (Å²) < 4.78 is 46.5. The molecule has 0 aliphatic rings. The van der Waals surface area contributed by atoms with Gasteiger partial charge in [0.1, 0.15) is 13.2 Å². The Balaban J connectivity index is 1.80. The predicted octanol–water partition coefficient (Wildman–Crippen LogP) is 2.12. The number of hydrogen-bond donors (Lipinski definition) is 1. The molecule has 0 unspecified atom stereocenters. The van der Waals surface area contributed by atoms with Crippen LogP contribution in [0.4, 0.5) is 9.18 Å². The van der Waals surface area contributed by atoms with Gasteiger partial charge in [0.2, 0.25) is 10.0 Å². The molecule has 1 amide bonds. The number of hydrogen-bond acceptors (Lipinski definition) is 5. The highest BCUT2D eigenvalue weighted by Crippen LogP contribution is 2.20. The molecule has 0 aromatic heterocycles. The summed E-state index contributed by atoms with van der Waals surface area (Å²) in [4.78, 5) is 12.8. The Morgan fingerprint density at radius 3 is 2.50 bits per heavy atom. The molecule has 0 fully saturated rings. The number of benzene rings is 2. The van der Waals surface area contributed by atoms with Crippen molar-refractivity contribution in [2.24, 2.45) is 5.14 Å². The van der Waals surface area contributed by atoms with Crippen molar-refractivity contribution in [3.63, 3.8) is 0 Å². The molecule has 0 aliphatic heterocycles. The van der Waals surface area contributed by atoms with E-state index in [1.807, 2.05) is 30.3 Å². The minimum atomic E-state index is -3.98. The Hall–Kier alpha value is -2.65. The van der Waals surface area contributed by atoms with Crippen LogP contribution in [0, 0.1) is 5.82 Å². The van der Waals surface area contributed by atoms with Crippen LogP contribution in [0.25, 0.3) is 0 Å². The van der Waals surface area contributed by atoms with Gasteiger partial charge in [0.15, 0.2) is 11.6 Å². The van der Waals surface area contributed by atoms with Crippen molar-refractivity contribution in [1.82, 2.24) is 4.90 Å². The van der Waals surface area contributed by atoms with Crippen molar-refractivity contribution in [2.75, 3.05) is 20.2 Å². The van der Waals surface area contributed by atoms with Crippen LogP contribution in [0.15, 0.2) is 53.4 Å². The largest absolute Gasteiger partial charge is 0.489 e. The van der Waals surface area contributed by atoms with Crippen LogP contribution in [-0.2, 0) is 21.4 Å². The highest BCUT2D eigenvalue weighted by Gasteiger charge is 2.14. The van der Waals surface area contributed by atoms with Crippen molar-refractivity contribution in [1.29, 1.82) is 0 Å². The van der Waals surface area contributed by atoms with E-state index in [0.29, 0.717) is 0 Å². The van der Waals surface area contributed by atoms with Crippen molar-refractivity contribution < 1.29 is 27.1 Å². The number of carbonyl (C=O) groups is 1. The lowest BCUT2D eigenvalue weighted by Crippen LogP contribution is -2.31. The zero-order chi connectivity index (χ0) is 19.2. The van der Waals surface area contributed by atoms with Gasteiger partial charge in [-0.1, -0.05) is 30.3 Å². The summed E-state index contributed by atoms with van der Waals surface area (Å²) in [6.07, 6.45) is -0.539. The van der Waals surface area contributed by atoms with Gasteiger partial charge in [-0.05, 0) is 23.8 Å². The number of rotatable bonds is 7. The van der Waals surface area contributed by atoms with Crippen molar-refractivity contribution >= 4 is 16.1 Å². The monoisotopic (exact) mass is 382 g/mol. The van der Waals surface area contributed by atoms with Crippen LogP contribution >= 0.6 is 0 Å². The molecule has 0 atom stereocenters. The fourth-order valence-electron chi connectivity index (χ4n) is 1.99. The zero-order valence-corrected chi connectivity index (χ0v) is 14.9. The molecule has 0 aliphatic carbocycles. The molecule has 0 saturated carbocycles. The molecule has 9 heteroatoms. The van der Waals surface area contributed by atoms with E-state index in [0.717, 1.165) is 17.7 Å². The highest BCUT2D eigenvalue weighted by atomic mass is 32.2. The molecule has 0 heterocycles. The number of halogens is 1. The smallest absolute Gasteiger partial charge is 0.409 e. The van der Waals surface area contributed by atoms with Crippen LogP contribution in [0.5, 0.6) is 5.75 Å². The topological polar surface area (TPSA) is 98.9 Å². The van der Waals surface area contributed by atoms with E-state index in [1.165, 1.54) is 18.0 Å². The molecule has 2 rings (SSSR count). The summed E-state index contributed by atoms with van der Waals surface area (Å²) in [6, 6.07) is 12.3. The van der Waals surface area contributed by atoms with Gasteiger partial charge in [-0.2, -0.15) is 0 Å². The van der Waals surface area contributed by atoms with Crippen molar-refractivity contribution in [2.45, 2.75) is 11.5 Å². The second-order valence-corrected chi connectivity index (χ2v) is 7.01. The Morgan fingerprint density at radius 2 is 1.88 bits per heavy atom. The summed E-state index contributed by atoms with van der Waals surface area (Å²) in [7, 11) is -2.46. The first-order chi connectivity index (χ1) is 12.3. The fourth-order valence-corrected chi connectivity index (χ4v) is 2.51. The van der Waals surface area contributed by atoms with E-state index in [9.17, 15) is 17.6 Å². The van der Waals surface area contributed by atoms with Gasteiger partial charge >= 0.3 is 6.09 Å². The Labute approximate surface area is 151 Å². The van der Waals surface area contributed by atoms with Crippen molar-refractivity contribution in [3.05, 3.63) is 59.9 Å². The first-order valence-corrected chi connectivity index (χ1v) is 9.19. The molecule has 26 heavy (non-hydrogen) atoms. The SMILES string of the molecule is CN(CCOc1ccc(S(N)(=O)=O)cc1F)C(=O)OCc1ccccc1. The van der Waals surface area contributed by atoms with Gasteiger partial charge in [0.05, 0.1) is 11.4 Å². The molecule has 0 radical (unpaired) electrons. The maximum absolute atomic E-state index is 13.8. The van der Waals surface area contributed by atoms with Gasteiger partial charge in [0.25, 0.3) is 0 Å². The average Bonchev–Trinajstić information content (AvgIpc) is 2.60. The second kappa shape index (κ2) is 8.63. The lowest BCUT2D eigenvalue weighted by molar-refractivity contribution is 0.0992. The molecule has 2 aromatic carbocycles. The Bertz CT molecular complexity index is 859. The maximum Gasteiger partial charge on any atom is 0.409 e. The number of ether oxygens (including phenoxy) is 2. The number of carbonyl (C=O) groups excluding carboxylic acids is 1. The third-order valence-corrected chi connectivity index (χ3v) is 4.34.